The van der Waals surface area contributed by atoms with Gasteiger partial charge in [-0.1, -0.05) is 17.7 Å². The zero-order valence-corrected chi connectivity index (χ0v) is 17.8. The molecular weight excluding hydrogens is 438 g/mol. The Hall–Kier alpha value is -2.23. The van der Waals surface area contributed by atoms with Crippen molar-refractivity contribution in [3.8, 4) is 5.75 Å². The van der Waals surface area contributed by atoms with Crippen LogP contribution in [-0.2, 0) is 21.4 Å². The molecular formula is C20H21ClF2N2O4S. The zero-order valence-electron chi connectivity index (χ0n) is 16.2. The van der Waals surface area contributed by atoms with Gasteiger partial charge >= 0.3 is 0 Å². The molecule has 1 fully saturated rings. The number of hydrogen-bond acceptors (Lipinski definition) is 4. The lowest BCUT2D eigenvalue weighted by atomic mass is 10.1. The minimum absolute atomic E-state index is 0.0988. The van der Waals surface area contributed by atoms with Crippen LogP contribution in [0.5, 0.6) is 5.75 Å². The lowest BCUT2D eigenvalue weighted by molar-refractivity contribution is -0.124. The van der Waals surface area contributed by atoms with Crippen molar-refractivity contribution in [1.82, 2.24) is 9.62 Å². The summed E-state index contributed by atoms with van der Waals surface area (Å²) in [5, 5.41) is 3.03. The van der Waals surface area contributed by atoms with E-state index in [9.17, 15) is 22.0 Å². The molecule has 6 nitrogen and oxygen atoms in total. The van der Waals surface area contributed by atoms with E-state index in [2.05, 4.69) is 5.32 Å². The molecule has 2 aromatic carbocycles. The fraction of sp³-hybridized carbons (Fsp3) is 0.350. The predicted molar refractivity (Wildman–Crippen MR) is 108 cm³/mol. The molecule has 1 atom stereocenters. The number of sulfonamides is 1. The second-order valence-corrected chi connectivity index (χ2v) is 9.19. The lowest BCUT2D eigenvalue weighted by Crippen LogP contribution is -2.48. The number of methoxy groups -OCH3 is 1. The molecule has 0 aliphatic carbocycles. The van der Waals surface area contributed by atoms with Gasteiger partial charge in [-0.15, -0.1) is 0 Å². The summed E-state index contributed by atoms with van der Waals surface area (Å²) < 4.78 is 61.3. The SMILES string of the molecule is COc1ccc(CN([C@@H]2CCCCNC2=O)S(=O)(=O)c2ccc(Cl)cc2)c(F)c1F. The van der Waals surface area contributed by atoms with Crippen molar-refractivity contribution in [2.24, 2.45) is 0 Å². The molecule has 0 bridgehead atoms. The summed E-state index contributed by atoms with van der Waals surface area (Å²) >= 11 is 5.86. The first kappa shape index (κ1) is 22.5. The molecule has 1 N–H and O–H groups in total. The molecule has 1 heterocycles. The maximum atomic E-state index is 14.6. The fourth-order valence-electron chi connectivity index (χ4n) is 3.32. The normalized spacial score (nSPS) is 17.5. The highest BCUT2D eigenvalue weighted by molar-refractivity contribution is 7.89. The van der Waals surface area contributed by atoms with E-state index >= 15 is 0 Å². The number of carbonyl (C=O) groups excluding carboxylic acids is 1. The number of ether oxygens (including phenoxy) is 1. The Balaban J connectivity index is 2.07. The fourth-order valence-corrected chi connectivity index (χ4v) is 5.04. The molecule has 3 rings (SSSR count). The summed E-state index contributed by atoms with van der Waals surface area (Å²) in [5.41, 5.74) is -0.206. The Bertz CT molecular complexity index is 1030. The quantitative estimate of drug-likeness (QED) is 0.719. The van der Waals surface area contributed by atoms with E-state index in [1.165, 1.54) is 43.5 Å². The Kier molecular flexibility index (Phi) is 6.95. The van der Waals surface area contributed by atoms with Gasteiger partial charge in [-0.05, 0) is 49.6 Å². The molecule has 1 amide bonds. The van der Waals surface area contributed by atoms with Gasteiger partial charge in [-0.25, -0.2) is 12.8 Å². The molecule has 0 aromatic heterocycles. The maximum Gasteiger partial charge on any atom is 0.244 e. The average Bonchev–Trinajstić information content (AvgIpc) is 2.93. The smallest absolute Gasteiger partial charge is 0.244 e. The van der Waals surface area contributed by atoms with E-state index in [-0.39, 0.29) is 22.6 Å². The molecule has 30 heavy (non-hydrogen) atoms. The number of halogens is 3. The van der Waals surface area contributed by atoms with Crippen LogP contribution in [0.15, 0.2) is 41.3 Å². The summed E-state index contributed by atoms with van der Waals surface area (Å²) in [5.74, 6) is -3.21. The Morgan fingerprint density at radius 1 is 1.13 bits per heavy atom. The standard InChI is InChI=1S/C20H21ClF2N2O4S/c1-29-17-10-5-13(18(22)19(17)23)12-25(16-4-2-3-11-24-20(16)26)30(27,28)15-8-6-14(21)7-9-15/h5-10,16H,2-4,11-12H2,1H3,(H,24,26)/t16-/m1/s1. The first-order valence-electron chi connectivity index (χ1n) is 9.31. The topological polar surface area (TPSA) is 75.7 Å². The van der Waals surface area contributed by atoms with Gasteiger partial charge in [0.25, 0.3) is 0 Å². The van der Waals surface area contributed by atoms with Gasteiger partial charge in [0.15, 0.2) is 11.6 Å². The first-order chi connectivity index (χ1) is 14.3. The van der Waals surface area contributed by atoms with Gasteiger partial charge in [0.1, 0.15) is 6.04 Å². The van der Waals surface area contributed by atoms with Gasteiger partial charge in [0.2, 0.25) is 21.7 Å². The highest BCUT2D eigenvalue weighted by Gasteiger charge is 2.37. The number of carbonyl (C=O) groups is 1. The van der Waals surface area contributed by atoms with Crippen LogP contribution in [-0.4, -0.2) is 38.3 Å². The van der Waals surface area contributed by atoms with Crippen molar-refractivity contribution in [2.75, 3.05) is 13.7 Å². The van der Waals surface area contributed by atoms with Crippen molar-refractivity contribution in [2.45, 2.75) is 36.7 Å². The monoisotopic (exact) mass is 458 g/mol. The lowest BCUT2D eigenvalue weighted by Gasteiger charge is -2.29. The number of amides is 1. The predicted octanol–water partition coefficient (Wildman–Crippen LogP) is 3.49. The van der Waals surface area contributed by atoms with E-state index in [0.717, 1.165) is 4.31 Å². The first-order valence-corrected chi connectivity index (χ1v) is 11.1. The summed E-state index contributed by atoms with van der Waals surface area (Å²) in [4.78, 5) is 12.5. The molecule has 0 unspecified atom stereocenters. The van der Waals surface area contributed by atoms with Crippen LogP contribution in [0.2, 0.25) is 5.02 Å². The third-order valence-electron chi connectivity index (χ3n) is 4.95. The molecule has 1 aliphatic rings. The molecule has 0 spiro atoms. The van der Waals surface area contributed by atoms with Gasteiger partial charge < -0.3 is 10.1 Å². The van der Waals surface area contributed by atoms with Gasteiger partial charge in [-0.3, -0.25) is 4.79 Å². The van der Waals surface area contributed by atoms with Crippen LogP contribution in [0.4, 0.5) is 8.78 Å². The van der Waals surface area contributed by atoms with Crippen LogP contribution in [0, 0.1) is 11.6 Å². The summed E-state index contributed by atoms with van der Waals surface area (Å²) in [6.07, 6.45) is 1.57. The van der Waals surface area contributed by atoms with Gasteiger partial charge in [0, 0.05) is 23.7 Å². The Morgan fingerprint density at radius 2 is 1.83 bits per heavy atom. The largest absolute Gasteiger partial charge is 0.494 e. The van der Waals surface area contributed by atoms with Gasteiger partial charge in [-0.2, -0.15) is 8.70 Å². The third kappa shape index (κ3) is 4.58. The Labute approximate surface area is 178 Å². The maximum absolute atomic E-state index is 14.6. The molecule has 1 aliphatic heterocycles. The van der Waals surface area contributed by atoms with Crippen LogP contribution in [0.25, 0.3) is 0 Å². The van der Waals surface area contributed by atoms with E-state index < -0.39 is 40.2 Å². The molecule has 0 saturated carbocycles. The Morgan fingerprint density at radius 3 is 2.50 bits per heavy atom. The van der Waals surface area contributed by atoms with Gasteiger partial charge in [0.05, 0.1) is 12.0 Å². The summed E-state index contributed by atoms with van der Waals surface area (Å²) in [6, 6.07) is 6.84. The van der Waals surface area contributed by atoms with E-state index in [4.69, 9.17) is 16.3 Å². The highest BCUT2D eigenvalue weighted by atomic mass is 35.5. The molecule has 10 heteroatoms. The van der Waals surface area contributed by atoms with Crippen molar-refractivity contribution in [3.63, 3.8) is 0 Å². The molecule has 2 aromatic rings. The van der Waals surface area contributed by atoms with Crippen LogP contribution < -0.4 is 10.1 Å². The minimum atomic E-state index is -4.22. The molecule has 1 saturated heterocycles. The third-order valence-corrected chi connectivity index (χ3v) is 7.07. The summed E-state index contributed by atoms with van der Waals surface area (Å²) in [6.45, 7) is -0.0918. The highest BCUT2D eigenvalue weighted by Crippen LogP contribution is 2.29. The van der Waals surface area contributed by atoms with Crippen molar-refractivity contribution < 1.29 is 26.7 Å². The second-order valence-electron chi connectivity index (χ2n) is 6.86. The van der Waals surface area contributed by atoms with Crippen molar-refractivity contribution >= 4 is 27.5 Å². The number of nitrogens with zero attached hydrogens (tertiary/aromatic N) is 1. The molecule has 0 radical (unpaired) electrons. The second kappa shape index (κ2) is 9.28. The average molecular weight is 459 g/mol. The number of hydrogen-bond donors (Lipinski definition) is 1. The zero-order chi connectivity index (χ0) is 21.9. The van der Waals surface area contributed by atoms with E-state index in [1.54, 1.807) is 0 Å². The van der Waals surface area contributed by atoms with E-state index in [0.29, 0.717) is 24.4 Å². The van der Waals surface area contributed by atoms with Crippen LogP contribution >= 0.6 is 11.6 Å². The number of rotatable bonds is 6. The minimum Gasteiger partial charge on any atom is -0.494 e. The summed E-state index contributed by atoms with van der Waals surface area (Å²) in [7, 11) is -3.02. The van der Waals surface area contributed by atoms with Crippen molar-refractivity contribution in [1.29, 1.82) is 0 Å². The van der Waals surface area contributed by atoms with Crippen LogP contribution in [0.3, 0.4) is 0 Å². The number of benzene rings is 2. The molecule has 162 valence electrons. The number of nitrogens with one attached hydrogen (secondary N) is 1. The van der Waals surface area contributed by atoms with Crippen LogP contribution in [0.1, 0.15) is 24.8 Å². The van der Waals surface area contributed by atoms with E-state index in [1.807, 2.05) is 0 Å². The van der Waals surface area contributed by atoms with Crippen molar-refractivity contribution in [3.05, 3.63) is 58.6 Å².